The Morgan fingerprint density at radius 2 is 0.809 bits per heavy atom. The highest BCUT2D eigenvalue weighted by atomic mass is 16.6. The molecule has 47 heavy (non-hydrogen) atoms. The van der Waals surface area contributed by atoms with Gasteiger partial charge in [-0.2, -0.15) is 0 Å². The molecule has 0 heterocycles. The van der Waals surface area contributed by atoms with E-state index in [1.54, 1.807) is 0 Å². The topological polar surface area (TPSA) is 78.9 Å². The Hall–Kier alpha value is -2.11. The fourth-order valence-electron chi connectivity index (χ4n) is 5.45. The van der Waals surface area contributed by atoms with E-state index in [-0.39, 0.29) is 37.5 Å². The lowest BCUT2D eigenvalue weighted by Crippen LogP contribution is -2.30. The number of hydrogen-bond donors (Lipinski definition) is 0. The Bertz CT molecular complexity index is 774. The summed E-state index contributed by atoms with van der Waals surface area (Å²) in [6.07, 6.45) is 38.7. The van der Waals surface area contributed by atoms with Gasteiger partial charge in [0, 0.05) is 19.3 Å². The minimum Gasteiger partial charge on any atom is -0.462 e. The molecule has 0 fully saturated rings. The fourth-order valence-corrected chi connectivity index (χ4v) is 5.45. The van der Waals surface area contributed by atoms with E-state index < -0.39 is 6.10 Å². The number of unbranched alkanes of at least 4 members (excludes halogenated alkanes) is 20. The molecule has 0 aliphatic heterocycles. The maximum Gasteiger partial charge on any atom is 0.306 e. The summed E-state index contributed by atoms with van der Waals surface area (Å²) < 4.78 is 16.2. The number of carbonyl (C=O) groups excluding carboxylic acids is 3. The Morgan fingerprint density at radius 3 is 1.26 bits per heavy atom. The largest absolute Gasteiger partial charge is 0.462 e. The van der Waals surface area contributed by atoms with E-state index in [1.165, 1.54) is 96.3 Å². The molecule has 6 heteroatoms. The van der Waals surface area contributed by atoms with Crippen molar-refractivity contribution >= 4 is 17.9 Å². The van der Waals surface area contributed by atoms with Crippen LogP contribution in [-0.4, -0.2) is 37.2 Å². The predicted molar refractivity (Wildman–Crippen MR) is 196 cm³/mol. The Morgan fingerprint density at radius 1 is 0.426 bits per heavy atom. The molecule has 6 nitrogen and oxygen atoms in total. The normalized spacial score (nSPS) is 12.1. The zero-order chi connectivity index (χ0) is 34.5. The molecule has 1 atom stereocenters. The Labute approximate surface area is 290 Å². The smallest absolute Gasteiger partial charge is 0.306 e. The molecule has 0 aliphatic rings. The standard InChI is InChI=1S/C41H74O6/c1-4-7-9-11-13-15-17-19-20-22-24-26-28-30-32-35-40(43)46-37-38(47-41(44)33-6-3)36-45-39(42)34-31-29-27-25-23-21-18-16-14-12-10-8-5-2/h13,15,19-20,38H,4-12,14,16-18,21-37H2,1-3H3/b15-13-,20-19-. The minimum atomic E-state index is -0.766. The average Bonchev–Trinajstić information content (AvgIpc) is 3.06. The van der Waals surface area contributed by atoms with Crippen molar-refractivity contribution in [2.24, 2.45) is 0 Å². The maximum atomic E-state index is 12.3. The van der Waals surface area contributed by atoms with Crippen LogP contribution in [0.4, 0.5) is 0 Å². The predicted octanol–water partition coefficient (Wildman–Crippen LogP) is 12.1. The summed E-state index contributed by atoms with van der Waals surface area (Å²) in [4.78, 5) is 36.7. The summed E-state index contributed by atoms with van der Waals surface area (Å²) in [6.45, 7) is 6.23. The van der Waals surface area contributed by atoms with E-state index in [2.05, 4.69) is 38.2 Å². The van der Waals surface area contributed by atoms with Crippen molar-refractivity contribution in [3.05, 3.63) is 24.3 Å². The summed E-state index contributed by atoms with van der Waals surface area (Å²) in [5.74, 6) is -0.957. The molecule has 0 rings (SSSR count). The molecule has 0 saturated heterocycles. The molecule has 0 radical (unpaired) electrons. The average molecular weight is 663 g/mol. The third-order valence-electron chi connectivity index (χ3n) is 8.43. The van der Waals surface area contributed by atoms with Gasteiger partial charge < -0.3 is 14.2 Å². The highest BCUT2D eigenvalue weighted by molar-refractivity contribution is 5.71. The van der Waals surface area contributed by atoms with E-state index in [9.17, 15) is 14.4 Å². The van der Waals surface area contributed by atoms with Gasteiger partial charge in [-0.05, 0) is 51.4 Å². The van der Waals surface area contributed by atoms with Crippen LogP contribution in [0.5, 0.6) is 0 Å². The van der Waals surface area contributed by atoms with Gasteiger partial charge >= 0.3 is 17.9 Å². The minimum absolute atomic E-state index is 0.0797. The maximum absolute atomic E-state index is 12.3. The van der Waals surface area contributed by atoms with Crippen LogP contribution < -0.4 is 0 Å². The number of allylic oxidation sites excluding steroid dienone is 4. The molecule has 274 valence electrons. The van der Waals surface area contributed by atoms with Gasteiger partial charge in [0.25, 0.3) is 0 Å². The monoisotopic (exact) mass is 663 g/mol. The summed E-state index contributed by atoms with van der Waals surface area (Å²) in [6, 6.07) is 0. The van der Waals surface area contributed by atoms with Crippen LogP contribution in [0.1, 0.15) is 201 Å². The number of carbonyl (C=O) groups is 3. The van der Waals surface area contributed by atoms with Crippen LogP contribution in [0.25, 0.3) is 0 Å². The van der Waals surface area contributed by atoms with Crippen molar-refractivity contribution in [3.8, 4) is 0 Å². The summed E-state index contributed by atoms with van der Waals surface area (Å²) in [5, 5.41) is 0. The van der Waals surface area contributed by atoms with Crippen molar-refractivity contribution in [2.45, 2.75) is 207 Å². The van der Waals surface area contributed by atoms with E-state index >= 15 is 0 Å². The van der Waals surface area contributed by atoms with Crippen LogP contribution >= 0.6 is 0 Å². The van der Waals surface area contributed by atoms with Gasteiger partial charge in [-0.25, -0.2) is 0 Å². The van der Waals surface area contributed by atoms with Gasteiger partial charge in [0.05, 0.1) is 0 Å². The van der Waals surface area contributed by atoms with Gasteiger partial charge in [-0.3, -0.25) is 14.4 Å². The van der Waals surface area contributed by atoms with E-state index in [1.807, 2.05) is 6.92 Å². The first-order chi connectivity index (χ1) is 23.0. The lowest BCUT2D eigenvalue weighted by atomic mass is 10.0. The molecule has 0 aromatic heterocycles. The van der Waals surface area contributed by atoms with Crippen molar-refractivity contribution < 1.29 is 28.6 Å². The molecular formula is C41H74O6. The summed E-state index contributed by atoms with van der Waals surface area (Å²) in [7, 11) is 0. The van der Waals surface area contributed by atoms with Crippen LogP contribution in [0, 0.1) is 0 Å². The Kier molecular flexibility index (Phi) is 35.1. The number of hydrogen-bond acceptors (Lipinski definition) is 6. The molecule has 0 bridgehead atoms. The van der Waals surface area contributed by atoms with Gasteiger partial charge in [0.2, 0.25) is 0 Å². The number of esters is 3. The first kappa shape index (κ1) is 44.9. The second-order valence-corrected chi connectivity index (χ2v) is 13.2. The van der Waals surface area contributed by atoms with Crippen LogP contribution in [0.3, 0.4) is 0 Å². The van der Waals surface area contributed by atoms with Crippen molar-refractivity contribution in [3.63, 3.8) is 0 Å². The van der Waals surface area contributed by atoms with E-state index in [4.69, 9.17) is 14.2 Å². The second-order valence-electron chi connectivity index (χ2n) is 13.2. The molecule has 1 unspecified atom stereocenters. The third kappa shape index (κ3) is 35.0. The summed E-state index contributed by atoms with van der Waals surface area (Å²) >= 11 is 0. The van der Waals surface area contributed by atoms with E-state index in [0.717, 1.165) is 57.8 Å². The molecule has 0 saturated carbocycles. The first-order valence-corrected chi connectivity index (χ1v) is 19.8. The first-order valence-electron chi connectivity index (χ1n) is 19.8. The quantitative estimate of drug-likeness (QED) is 0.0291. The zero-order valence-electron chi connectivity index (χ0n) is 31.0. The molecule has 0 spiro atoms. The third-order valence-corrected chi connectivity index (χ3v) is 8.43. The van der Waals surface area contributed by atoms with Crippen LogP contribution in [-0.2, 0) is 28.6 Å². The van der Waals surface area contributed by atoms with E-state index in [0.29, 0.717) is 19.3 Å². The number of ether oxygens (including phenoxy) is 3. The summed E-state index contributed by atoms with van der Waals surface area (Å²) in [5.41, 5.74) is 0. The lowest BCUT2D eigenvalue weighted by Gasteiger charge is -2.18. The van der Waals surface area contributed by atoms with Gasteiger partial charge in [0.15, 0.2) is 6.10 Å². The van der Waals surface area contributed by atoms with Gasteiger partial charge in [0.1, 0.15) is 13.2 Å². The van der Waals surface area contributed by atoms with Gasteiger partial charge in [-0.1, -0.05) is 154 Å². The highest BCUT2D eigenvalue weighted by Gasteiger charge is 2.19. The molecule has 0 amide bonds. The van der Waals surface area contributed by atoms with Crippen LogP contribution in [0.15, 0.2) is 24.3 Å². The molecule has 0 aromatic rings. The molecule has 0 aliphatic carbocycles. The Balaban J connectivity index is 3.96. The van der Waals surface area contributed by atoms with Crippen molar-refractivity contribution in [2.75, 3.05) is 13.2 Å². The zero-order valence-corrected chi connectivity index (χ0v) is 31.0. The van der Waals surface area contributed by atoms with Crippen molar-refractivity contribution in [1.29, 1.82) is 0 Å². The second kappa shape index (κ2) is 36.7. The lowest BCUT2D eigenvalue weighted by molar-refractivity contribution is -0.166. The number of rotatable bonds is 35. The van der Waals surface area contributed by atoms with Gasteiger partial charge in [-0.15, -0.1) is 0 Å². The molecule has 0 aromatic carbocycles. The fraction of sp³-hybridized carbons (Fsp3) is 0.829. The molecule has 0 N–H and O–H groups in total. The molecular weight excluding hydrogens is 588 g/mol. The highest BCUT2D eigenvalue weighted by Crippen LogP contribution is 2.14. The van der Waals surface area contributed by atoms with Crippen LogP contribution in [0.2, 0.25) is 0 Å². The van der Waals surface area contributed by atoms with Crippen molar-refractivity contribution in [1.82, 2.24) is 0 Å². The SMILES string of the molecule is CCCCC/C=C\C/C=C\CCCCCCCC(=O)OCC(COC(=O)CCCCCCCCCCCCCCC)OC(=O)CCC.